The van der Waals surface area contributed by atoms with Gasteiger partial charge in [-0.2, -0.15) is 0 Å². The van der Waals surface area contributed by atoms with Gasteiger partial charge >= 0.3 is 0 Å². The van der Waals surface area contributed by atoms with Crippen molar-refractivity contribution < 1.29 is 39.8 Å². The largest absolute Gasteiger partial charge is 0.394 e. The lowest BCUT2D eigenvalue weighted by atomic mass is 9.99. The van der Waals surface area contributed by atoms with Crippen molar-refractivity contribution in [2.24, 2.45) is 0 Å². The average Bonchev–Trinajstić information content (AvgIpc) is 3.35. The van der Waals surface area contributed by atoms with E-state index in [1.807, 2.05) is 6.08 Å². The third-order valence-corrected chi connectivity index (χ3v) is 13.2. The number of ether oxygens (including phenoxy) is 2. The normalized spacial score (nSPS) is 20.0. The highest BCUT2D eigenvalue weighted by Gasteiger charge is 2.44. The van der Waals surface area contributed by atoms with Gasteiger partial charge < -0.3 is 40.3 Å². The standard InChI is InChI=1S/C60H107NO8/c1-3-5-7-9-11-13-15-16-17-18-19-20-21-22-23-24-25-26-27-28-29-30-31-32-33-34-35-36-37-38-40-42-44-46-48-50-56(64)61-53(52-68-60-59(67)58(66)57(65)55(51-62)69-60)54(63)49-47-45-43-41-39-14-12-10-8-6-4-2/h8,10,15-16,18-19,21-22,39,41,47,49,53-55,57-60,62-63,65-67H,3-7,9,11-14,17,20,23-38,40,42-46,48,50-52H2,1-2H3,(H,61,64)/b10-8+,16-15-,19-18-,22-21-,41-39+,49-47+. The molecule has 9 heteroatoms. The van der Waals surface area contributed by atoms with Crippen LogP contribution in [0.2, 0.25) is 0 Å². The zero-order valence-electron chi connectivity index (χ0n) is 44.3. The summed E-state index contributed by atoms with van der Waals surface area (Å²) < 4.78 is 11.2. The number of aliphatic hydroxyl groups excluding tert-OH is 5. The summed E-state index contributed by atoms with van der Waals surface area (Å²) in [4.78, 5) is 13.0. The molecule has 69 heavy (non-hydrogen) atoms. The SMILES string of the molecule is CCC/C=C/CC/C=C/CC/C=C/C(O)C(COC1OC(CO)C(O)C(O)C1O)NC(=O)CCCCCCCCCCCCCCCCCCCCCC/C=C\C/C=C\C/C=C\CCCCCCC. The molecule has 0 aromatic rings. The number of carbonyl (C=O) groups excluding carboxylic acids is 1. The Hall–Kier alpha value is -2.37. The van der Waals surface area contributed by atoms with E-state index in [0.717, 1.165) is 70.6 Å². The molecule has 1 heterocycles. The molecule has 9 nitrogen and oxygen atoms in total. The van der Waals surface area contributed by atoms with Crippen LogP contribution >= 0.6 is 0 Å². The summed E-state index contributed by atoms with van der Waals surface area (Å²) in [6.45, 7) is 3.66. The minimum absolute atomic E-state index is 0.192. The molecule has 6 N–H and O–H groups in total. The zero-order valence-corrected chi connectivity index (χ0v) is 44.3. The quantitative estimate of drug-likeness (QED) is 0.0261. The van der Waals surface area contributed by atoms with Crippen molar-refractivity contribution in [3.05, 3.63) is 72.9 Å². The maximum Gasteiger partial charge on any atom is 0.220 e. The average molecular weight is 971 g/mol. The van der Waals surface area contributed by atoms with E-state index >= 15 is 0 Å². The fraction of sp³-hybridized carbons (Fsp3) is 0.783. The van der Waals surface area contributed by atoms with Crippen molar-refractivity contribution in [3.8, 4) is 0 Å². The van der Waals surface area contributed by atoms with Crippen molar-refractivity contribution in [1.29, 1.82) is 0 Å². The Morgan fingerprint density at radius 1 is 0.493 bits per heavy atom. The van der Waals surface area contributed by atoms with Crippen LogP contribution in [0.4, 0.5) is 0 Å². The van der Waals surface area contributed by atoms with E-state index in [1.165, 1.54) is 154 Å². The van der Waals surface area contributed by atoms with Gasteiger partial charge in [0.25, 0.3) is 0 Å². The van der Waals surface area contributed by atoms with Gasteiger partial charge in [-0.1, -0.05) is 234 Å². The molecule has 7 atom stereocenters. The minimum atomic E-state index is -1.57. The molecule has 0 aromatic carbocycles. The summed E-state index contributed by atoms with van der Waals surface area (Å²) in [5, 5.41) is 54.2. The number of carbonyl (C=O) groups is 1. The Labute approximate surface area is 423 Å². The topological polar surface area (TPSA) is 149 Å². The molecule has 1 fully saturated rings. The van der Waals surface area contributed by atoms with Gasteiger partial charge in [0.1, 0.15) is 24.4 Å². The van der Waals surface area contributed by atoms with E-state index in [4.69, 9.17) is 9.47 Å². The number of hydrogen-bond donors (Lipinski definition) is 6. The maximum atomic E-state index is 13.0. The molecular formula is C60H107NO8. The van der Waals surface area contributed by atoms with Gasteiger partial charge in [-0.3, -0.25) is 4.79 Å². The molecular weight excluding hydrogens is 863 g/mol. The molecule has 0 aromatic heterocycles. The first-order chi connectivity index (χ1) is 33.8. The van der Waals surface area contributed by atoms with Crippen molar-refractivity contribution in [1.82, 2.24) is 5.32 Å². The lowest BCUT2D eigenvalue weighted by molar-refractivity contribution is -0.302. The zero-order chi connectivity index (χ0) is 50.1. The molecule has 1 rings (SSSR count). The molecule has 1 amide bonds. The van der Waals surface area contributed by atoms with Crippen LogP contribution in [0.15, 0.2) is 72.9 Å². The first-order valence-corrected chi connectivity index (χ1v) is 28.7. The second-order valence-electron chi connectivity index (χ2n) is 19.7. The van der Waals surface area contributed by atoms with Crippen LogP contribution in [0, 0.1) is 0 Å². The first kappa shape index (κ1) is 64.6. The summed E-state index contributed by atoms with van der Waals surface area (Å²) in [7, 11) is 0. The number of hydrogen-bond acceptors (Lipinski definition) is 8. The summed E-state index contributed by atoms with van der Waals surface area (Å²) >= 11 is 0. The fourth-order valence-corrected chi connectivity index (χ4v) is 8.67. The van der Waals surface area contributed by atoms with E-state index in [9.17, 15) is 30.3 Å². The lowest BCUT2D eigenvalue weighted by Gasteiger charge is -2.40. The lowest BCUT2D eigenvalue weighted by Crippen LogP contribution is -2.60. The van der Waals surface area contributed by atoms with Crippen LogP contribution in [0.25, 0.3) is 0 Å². The summed E-state index contributed by atoms with van der Waals surface area (Å²) in [6, 6.07) is -0.828. The van der Waals surface area contributed by atoms with Gasteiger partial charge in [0.05, 0.1) is 25.4 Å². The summed E-state index contributed by atoms with van der Waals surface area (Å²) in [5.41, 5.74) is 0. The molecule has 0 saturated carbocycles. The van der Waals surface area contributed by atoms with Crippen molar-refractivity contribution in [2.45, 2.75) is 288 Å². The Morgan fingerprint density at radius 2 is 0.899 bits per heavy atom. The van der Waals surface area contributed by atoms with E-state index in [-0.39, 0.29) is 12.5 Å². The smallest absolute Gasteiger partial charge is 0.220 e. The summed E-state index contributed by atoms with van der Waals surface area (Å²) in [5.74, 6) is -0.192. The maximum absolute atomic E-state index is 13.0. The van der Waals surface area contributed by atoms with Crippen LogP contribution < -0.4 is 5.32 Å². The van der Waals surface area contributed by atoms with Crippen molar-refractivity contribution in [3.63, 3.8) is 0 Å². The molecule has 7 unspecified atom stereocenters. The molecule has 0 spiro atoms. The Balaban J connectivity index is 2.09. The highest BCUT2D eigenvalue weighted by Crippen LogP contribution is 2.23. The molecule has 0 radical (unpaired) electrons. The molecule has 1 aliphatic heterocycles. The van der Waals surface area contributed by atoms with Crippen molar-refractivity contribution in [2.75, 3.05) is 13.2 Å². The number of allylic oxidation sites excluding steroid dienone is 11. The molecule has 0 bridgehead atoms. The number of amides is 1. The van der Waals surface area contributed by atoms with Gasteiger partial charge in [-0.25, -0.2) is 0 Å². The Morgan fingerprint density at radius 3 is 1.36 bits per heavy atom. The predicted molar refractivity (Wildman–Crippen MR) is 290 cm³/mol. The highest BCUT2D eigenvalue weighted by molar-refractivity contribution is 5.76. The van der Waals surface area contributed by atoms with Gasteiger partial charge in [-0.15, -0.1) is 0 Å². The predicted octanol–water partition coefficient (Wildman–Crippen LogP) is 14.1. The fourth-order valence-electron chi connectivity index (χ4n) is 8.67. The van der Waals surface area contributed by atoms with E-state index < -0.39 is 49.5 Å². The third-order valence-electron chi connectivity index (χ3n) is 13.2. The van der Waals surface area contributed by atoms with Crippen molar-refractivity contribution >= 4 is 5.91 Å². The second kappa shape index (κ2) is 49.2. The Kier molecular flexibility index (Phi) is 46.1. The van der Waals surface area contributed by atoms with Gasteiger partial charge in [0.15, 0.2) is 6.29 Å². The third kappa shape index (κ3) is 38.9. The van der Waals surface area contributed by atoms with Gasteiger partial charge in [0, 0.05) is 6.42 Å². The number of unbranched alkanes of at least 4 members (excludes halogenated alkanes) is 28. The van der Waals surface area contributed by atoms with Crippen LogP contribution in [0.1, 0.15) is 245 Å². The van der Waals surface area contributed by atoms with E-state index in [2.05, 4.69) is 79.9 Å². The molecule has 0 aliphatic carbocycles. The summed E-state index contributed by atoms with van der Waals surface area (Å²) in [6.07, 6.45) is 61.4. The molecule has 1 saturated heterocycles. The number of rotatable bonds is 48. The van der Waals surface area contributed by atoms with Gasteiger partial charge in [0.2, 0.25) is 5.91 Å². The first-order valence-electron chi connectivity index (χ1n) is 28.7. The van der Waals surface area contributed by atoms with E-state index in [1.54, 1.807) is 6.08 Å². The highest BCUT2D eigenvalue weighted by atomic mass is 16.7. The second-order valence-corrected chi connectivity index (χ2v) is 19.7. The molecule has 1 aliphatic rings. The molecule has 400 valence electrons. The monoisotopic (exact) mass is 970 g/mol. The van der Waals surface area contributed by atoms with E-state index in [0.29, 0.717) is 6.42 Å². The van der Waals surface area contributed by atoms with Crippen LogP contribution in [0.5, 0.6) is 0 Å². The van der Waals surface area contributed by atoms with Crippen LogP contribution in [-0.2, 0) is 14.3 Å². The Bertz CT molecular complexity index is 1310. The number of nitrogens with one attached hydrogen (secondary N) is 1. The minimum Gasteiger partial charge on any atom is -0.394 e. The van der Waals surface area contributed by atoms with Crippen LogP contribution in [-0.4, -0.2) is 87.5 Å². The van der Waals surface area contributed by atoms with Crippen LogP contribution in [0.3, 0.4) is 0 Å². The van der Waals surface area contributed by atoms with Gasteiger partial charge in [-0.05, 0) is 77.0 Å². The number of aliphatic hydroxyl groups is 5.